The van der Waals surface area contributed by atoms with E-state index in [1.807, 2.05) is 12.1 Å². The maximum atomic E-state index is 5.57. The van der Waals surface area contributed by atoms with Gasteiger partial charge in [0.2, 0.25) is 0 Å². The maximum absolute atomic E-state index is 5.57. The lowest BCUT2D eigenvalue weighted by Gasteiger charge is -2.23. The minimum Gasteiger partial charge on any atom is -0.494 e. The third-order valence-electron chi connectivity index (χ3n) is 2.98. The van der Waals surface area contributed by atoms with Gasteiger partial charge >= 0.3 is 0 Å². The van der Waals surface area contributed by atoms with E-state index in [0.29, 0.717) is 13.2 Å². The molecule has 0 amide bonds. The Bertz CT molecular complexity index is 347. The first-order valence-electron chi connectivity index (χ1n) is 7.00. The van der Waals surface area contributed by atoms with Crippen molar-refractivity contribution < 1.29 is 14.2 Å². The molecule has 0 aliphatic carbocycles. The molecule has 0 saturated carbocycles. The smallest absolute Gasteiger partial charge is 0.119 e. The fraction of sp³-hybridized carbons (Fsp3) is 0.600. The Balaban J connectivity index is 1.67. The molecule has 0 aromatic heterocycles. The summed E-state index contributed by atoms with van der Waals surface area (Å²) in [4.78, 5) is 0. The van der Waals surface area contributed by atoms with Crippen LogP contribution in [0, 0.1) is 0 Å². The highest BCUT2D eigenvalue weighted by atomic mass is 16.6. The van der Waals surface area contributed by atoms with Gasteiger partial charge in [0.05, 0.1) is 32.5 Å². The van der Waals surface area contributed by atoms with Crippen molar-refractivity contribution in [3.8, 4) is 5.75 Å². The van der Waals surface area contributed by atoms with Gasteiger partial charge < -0.3 is 19.5 Å². The van der Waals surface area contributed by atoms with E-state index in [4.69, 9.17) is 14.2 Å². The first-order valence-corrected chi connectivity index (χ1v) is 7.00. The first-order chi connectivity index (χ1) is 9.38. The minimum absolute atomic E-state index is 0.181. The number of hydrogen-bond acceptors (Lipinski definition) is 4. The molecular weight excluding hydrogens is 242 g/mol. The van der Waals surface area contributed by atoms with E-state index in [1.165, 1.54) is 5.56 Å². The van der Waals surface area contributed by atoms with E-state index in [9.17, 15) is 0 Å². The molecule has 4 nitrogen and oxygen atoms in total. The van der Waals surface area contributed by atoms with Gasteiger partial charge in [-0.3, -0.25) is 0 Å². The Morgan fingerprint density at radius 3 is 2.79 bits per heavy atom. The van der Waals surface area contributed by atoms with Gasteiger partial charge in [0, 0.05) is 13.1 Å². The van der Waals surface area contributed by atoms with Crippen LogP contribution >= 0.6 is 0 Å². The van der Waals surface area contributed by atoms with Gasteiger partial charge in [0.25, 0.3) is 0 Å². The predicted molar refractivity (Wildman–Crippen MR) is 74.5 cm³/mol. The summed E-state index contributed by atoms with van der Waals surface area (Å²) < 4.78 is 16.5. The molecule has 0 spiro atoms. The van der Waals surface area contributed by atoms with Gasteiger partial charge in [0.15, 0.2) is 0 Å². The summed E-state index contributed by atoms with van der Waals surface area (Å²) in [6.45, 7) is 6.66. The molecule has 1 N–H and O–H groups in total. The van der Waals surface area contributed by atoms with Gasteiger partial charge in [0.1, 0.15) is 5.75 Å². The fourth-order valence-electron chi connectivity index (χ4n) is 1.96. The third kappa shape index (κ3) is 5.19. The van der Waals surface area contributed by atoms with Crippen LogP contribution in [-0.2, 0) is 16.0 Å². The highest BCUT2D eigenvalue weighted by molar-refractivity contribution is 5.27. The van der Waals surface area contributed by atoms with Crippen LogP contribution in [0.5, 0.6) is 5.75 Å². The monoisotopic (exact) mass is 265 g/mol. The fourth-order valence-corrected chi connectivity index (χ4v) is 1.96. The van der Waals surface area contributed by atoms with Crippen molar-refractivity contribution in [1.29, 1.82) is 0 Å². The molecule has 2 rings (SSSR count). The van der Waals surface area contributed by atoms with Crippen LogP contribution in [0.2, 0.25) is 0 Å². The SMILES string of the molecule is CCCOc1ccc(CNCC2COCCO2)cc1. The highest BCUT2D eigenvalue weighted by Gasteiger charge is 2.13. The molecule has 4 heteroatoms. The molecule has 1 fully saturated rings. The van der Waals surface area contributed by atoms with Crippen molar-refractivity contribution in [2.24, 2.45) is 0 Å². The van der Waals surface area contributed by atoms with Gasteiger partial charge in [-0.25, -0.2) is 0 Å². The Hall–Kier alpha value is -1.10. The van der Waals surface area contributed by atoms with E-state index < -0.39 is 0 Å². The van der Waals surface area contributed by atoms with Crippen molar-refractivity contribution in [2.45, 2.75) is 26.0 Å². The Labute approximate surface area is 115 Å². The summed E-state index contributed by atoms with van der Waals surface area (Å²) in [5, 5.41) is 3.39. The van der Waals surface area contributed by atoms with E-state index in [0.717, 1.165) is 38.5 Å². The molecule has 1 saturated heterocycles. The molecule has 0 bridgehead atoms. The summed E-state index contributed by atoms with van der Waals surface area (Å²) in [5.41, 5.74) is 1.25. The third-order valence-corrected chi connectivity index (χ3v) is 2.98. The van der Waals surface area contributed by atoms with Gasteiger partial charge in [-0.2, -0.15) is 0 Å². The zero-order chi connectivity index (χ0) is 13.3. The second-order valence-corrected chi connectivity index (χ2v) is 4.69. The zero-order valence-electron chi connectivity index (χ0n) is 11.6. The molecule has 1 aliphatic rings. The lowest BCUT2D eigenvalue weighted by molar-refractivity contribution is -0.0864. The largest absolute Gasteiger partial charge is 0.494 e. The molecule has 19 heavy (non-hydrogen) atoms. The summed E-state index contributed by atoms with van der Waals surface area (Å²) in [6, 6.07) is 8.23. The number of benzene rings is 1. The molecule has 1 aromatic carbocycles. The molecule has 1 aliphatic heterocycles. The topological polar surface area (TPSA) is 39.7 Å². The molecule has 1 aromatic rings. The van der Waals surface area contributed by atoms with Crippen LogP contribution in [0.1, 0.15) is 18.9 Å². The molecule has 106 valence electrons. The number of rotatable bonds is 7. The van der Waals surface area contributed by atoms with E-state index in [-0.39, 0.29) is 6.10 Å². The second-order valence-electron chi connectivity index (χ2n) is 4.69. The minimum atomic E-state index is 0.181. The standard InChI is InChI=1S/C15H23NO3/c1-2-7-18-14-5-3-13(4-6-14)10-16-11-15-12-17-8-9-19-15/h3-6,15-16H,2,7-12H2,1H3. The van der Waals surface area contributed by atoms with Gasteiger partial charge in [-0.1, -0.05) is 19.1 Å². The maximum Gasteiger partial charge on any atom is 0.119 e. The molecule has 1 heterocycles. The predicted octanol–water partition coefficient (Wildman–Crippen LogP) is 1.98. The number of ether oxygens (including phenoxy) is 3. The van der Waals surface area contributed by atoms with Crippen LogP contribution in [0.4, 0.5) is 0 Å². The number of nitrogens with one attached hydrogen (secondary N) is 1. The van der Waals surface area contributed by atoms with E-state index >= 15 is 0 Å². The average molecular weight is 265 g/mol. The lowest BCUT2D eigenvalue weighted by atomic mass is 10.2. The van der Waals surface area contributed by atoms with E-state index in [2.05, 4.69) is 24.4 Å². The first kappa shape index (κ1) is 14.3. The van der Waals surface area contributed by atoms with Gasteiger partial charge in [-0.05, 0) is 24.1 Å². The Morgan fingerprint density at radius 1 is 1.26 bits per heavy atom. The van der Waals surface area contributed by atoms with Crippen molar-refractivity contribution in [3.63, 3.8) is 0 Å². The number of hydrogen-bond donors (Lipinski definition) is 1. The van der Waals surface area contributed by atoms with Crippen LogP contribution in [-0.4, -0.2) is 39.1 Å². The molecular formula is C15H23NO3. The highest BCUT2D eigenvalue weighted by Crippen LogP contribution is 2.12. The molecule has 1 atom stereocenters. The summed E-state index contributed by atoms with van der Waals surface area (Å²) in [6.07, 6.45) is 1.22. The quantitative estimate of drug-likeness (QED) is 0.818. The summed E-state index contributed by atoms with van der Waals surface area (Å²) >= 11 is 0. The average Bonchev–Trinajstić information content (AvgIpc) is 2.47. The zero-order valence-corrected chi connectivity index (χ0v) is 11.6. The lowest BCUT2D eigenvalue weighted by Crippen LogP contribution is -2.37. The Morgan fingerprint density at radius 2 is 2.11 bits per heavy atom. The molecule has 1 unspecified atom stereocenters. The van der Waals surface area contributed by atoms with Crippen molar-refractivity contribution in [2.75, 3.05) is 33.0 Å². The second kappa shape index (κ2) is 8.15. The van der Waals surface area contributed by atoms with Crippen molar-refractivity contribution in [3.05, 3.63) is 29.8 Å². The van der Waals surface area contributed by atoms with Crippen molar-refractivity contribution in [1.82, 2.24) is 5.32 Å². The normalized spacial score (nSPS) is 19.3. The Kier molecular flexibility index (Phi) is 6.14. The summed E-state index contributed by atoms with van der Waals surface area (Å²) in [5.74, 6) is 0.939. The van der Waals surface area contributed by atoms with Gasteiger partial charge in [-0.15, -0.1) is 0 Å². The van der Waals surface area contributed by atoms with Crippen LogP contribution in [0.25, 0.3) is 0 Å². The van der Waals surface area contributed by atoms with E-state index in [1.54, 1.807) is 0 Å². The summed E-state index contributed by atoms with van der Waals surface area (Å²) in [7, 11) is 0. The van der Waals surface area contributed by atoms with Crippen molar-refractivity contribution >= 4 is 0 Å². The van der Waals surface area contributed by atoms with Crippen LogP contribution < -0.4 is 10.1 Å². The molecule has 0 radical (unpaired) electrons. The van der Waals surface area contributed by atoms with Crippen LogP contribution in [0.3, 0.4) is 0 Å². The van der Waals surface area contributed by atoms with Crippen LogP contribution in [0.15, 0.2) is 24.3 Å².